The monoisotopic (exact) mass is 833 g/mol. The number of rotatable bonds is 3. The zero-order chi connectivity index (χ0) is 41.6. The number of aromatic nitrogens is 1. The van der Waals surface area contributed by atoms with Crippen molar-refractivity contribution in [1.82, 2.24) is 4.57 Å². The minimum absolute atomic E-state index is 0.128. The van der Waals surface area contributed by atoms with Crippen molar-refractivity contribution in [2.24, 2.45) is 0 Å². The summed E-state index contributed by atoms with van der Waals surface area (Å²) < 4.78 is 2.51. The van der Waals surface area contributed by atoms with Gasteiger partial charge in [0.05, 0.1) is 39.2 Å². The highest BCUT2D eigenvalue weighted by Crippen LogP contribution is 2.67. The molecule has 3 aliphatic rings. The second-order valence-corrected chi connectivity index (χ2v) is 20.4. The van der Waals surface area contributed by atoms with Crippen LogP contribution in [-0.4, -0.2) is 4.57 Å². The van der Waals surface area contributed by atoms with Crippen molar-refractivity contribution in [3.05, 3.63) is 219 Å². The van der Waals surface area contributed by atoms with E-state index in [1.54, 1.807) is 0 Å². The molecule has 0 saturated heterocycles. The maximum atomic E-state index is 2.58. The van der Waals surface area contributed by atoms with Crippen molar-refractivity contribution in [1.29, 1.82) is 0 Å². The van der Waals surface area contributed by atoms with E-state index in [1.807, 2.05) is 22.7 Å². The van der Waals surface area contributed by atoms with Crippen LogP contribution >= 0.6 is 22.7 Å². The molecule has 7 aromatic carbocycles. The SMILES string of the molecule is Cc1cccc(N2c3ccccc3C3(c4cc(C)sc4-c4sc(C)cc43)c3ccc4c(c32)c2ccccc2n4-c2cccc(N3c4ccccc4C(C)(C)c4ccccc43)c2)c1. The third-order valence-corrected chi connectivity index (χ3v) is 16.2. The van der Waals surface area contributed by atoms with Crippen molar-refractivity contribution in [3.63, 3.8) is 0 Å². The Kier molecular flexibility index (Phi) is 7.38. The van der Waals surface area contributed by atoms with E-state index < -0.39 is 5.41 Å². The van der Waals surface area contributed by atoms with Crippen LogP contribution in [0.4, 0.5) is 34.1 Å². The van der Waals surface area contributed by atoms with E-state index in [0.717, 1.165) is 11.4 Å². The van der Waals surface area contributed by atoms with Gasteiger partial charge in [0, 0.05) is 52.8 Å². The van der Waals surface area contributed by atoms with Gasteiger partial charge in [0.2, 0.25) is 0 Å². The lowest BCUT2D eigenvalue weighted by Crippen LogP contribution is -2.36. The fourth-order valence-corrected chi connectivity index (χ4v) is 13.8. The summed E-state index contributed by atoms with van der Waals surface area (Å²) in [6.45, 7) is 11.5. The van der Waals surface area contributed by atoms with Crippen molar-refractivity contribution in [2.75, 3.05) is 9.80 Å². The Bertz CT molecular complexity index is 3430. The highest BCUT2D eigenvalue weighted by molar-refractivity contribution is 7.22. The molecule has 2 aliphatic heterocycles. The quantitative estimate of drug-likeness (QED) is 0.176. The zero-order valence-corrected chi connectivity index (χ0v) is 37.0. The number of thiophene rings is 2. The fraction of sp³-hybridized carbons (Fsp3) is 0.123. The molecule has 5 heteroatoms. The van der Waals surface area contributed by atoms with Crippen LogP contribution in [0.25, 0.3) is 37.2 Å². The number of benzene rings is 7. The van der Waals surface area contributed by atoms with E-state index in [4.69, 9.17) is 0 Å². The molecule has 13 rings (SSSR count). The first-order chi connectivity index (χ1) is 30.2. The van der Waals surface area contributed by atoms with Gasteiger partial charge in [0.25, 0.3) is 0 Å². The fourth-order valence-electron chi connectivity index (χ4n) is 11.5. The molecule has 3 aromatic heterocycles. The summed E-state index contributed by atoms with van der Waals surface area (Å²) in [6, 6.07) is 64.3. The van der Waals surface area contributed by atoms with Gasteiger partial charge in [-0.1, -0.05) is 111 Å². The Morgan fingerprint density at radius 2 is 0.968 bits per heavy atom. The Morgan fingerprint density at radius 3 is 1.63 bits per heavy atom. The summed E-state index contributed by atoms with van der Waals surface area (Å²) in [5, 5.41) is 2.51. The molecule has 298 valence electrons. The van der Waals surface area contributed by atoms with E-state index in [1.165, 1.54) is 109 Å². The minimum Gasteiger partial charge on any atom is -0.310 e. The Balaban J connectivity index is 1.13. The molecule has 1 aliphatic carbocycles. The van der Waals surface area contributed by atoms with Gasteiger partial charge in [-0.2, -0.15) is 0 Å². The smallest absolute Gasteiger partial charge is 0.0771 e. The van der Waals surface area contributed by atoms with Crippen molar-refractivity contribution in [3.8, 4) is 15.4 Å². The molecular formula is C57H43N3S2. The number of nitrogens with zero attached hydrogens (tertiary/aromatic N) is 3. The van der Waals surface area contributed by atoms with E-state index in [2.05, 4.69) is 219 Å². The van der Waals surface area contributed by atoms with Crippen LogP contribution in [0.5, 0.6) is 0 Å². The number of aryl methyl sites for hydroxylation is 3. The molecule has 5 heterocycles. The summed E-state index contributed by atoms with van der Waals surface area (Å²) in [4.78, 5) is 10.6. The Hall–Kier alpha value is -6.66. The van der Waals surface area contributed by atoms with Crippen molar-refractivity contribution >= 4 is 78.6 Å². The number of hydrogen-bond donors (Lipinski definition) is 0. The number of anilines is 6. The van der Waals surface area contributed by atoms with E-state index in [9.17, 15) is 0 Å². The standard InChI is InChI=1S/C57H43N3S2/c1-34-16-14-17-37(30-34)60-50-27-13-9-23-43(50)57(45-31-35(2)61-54(45)55-46(57)32-36(3)62-55)44-28-29-51-52(53(44)60)40-20-6-10-24-47(40)58(51)38-18-15-19-39(33-38)59-48-25-11-7-21-41(48)56(4,5)42-22-8-12-26-49(42)59/h6-33H,1-5H3. The molecule has 10 aromatic rings. The van der Waals surface area contributed by atoms with Crippen molar-refractivity contribution in [2.45, 2.75) is 45.4 Å². The van der Waals surface area contributed by atoms with Gasteiger partial charge in [-0.15, -0.1) is 22.7 Å². The Morgan fingerprint density at radius 1 is 0.419 bits per heavy atom. The normalized spacial score (nSPS) is 15.0. The molecule has 0 unspecified atom stereocenters. The summed E-state index contributed by atoms with van der Waals surface area (Å²) in [5.41, 5.74) is 19.6. The van der Waals surface area contributed by atoms with E-state index >= 15 is 0 Å². The van der Waals surface area contributed by atoms with Gasteiger partial charge in [-0.05, 0) is 133 Å². The topological polar surface area (TPSA) is 11.4 Å². The highest BCUT2D eigenvalue weighted by atomic mass is 32.1. The number of fused-ring (bicyclic) bond motifs is 15. The van der Waals surface area contributed by atoms with Crippen molar-refractivity contribution < 1.29 is 0 Å². The Labute approximate surface area is 370 Å². The number of para-hydroxylation sites is 4. The lowest BCUT2D eigenvalue weighted by Gasteiger charge is -2.45. The minimum atomic E-state index is -0.466. The van der Waals surface area contributed by atoms with Gasteiger partial charge in [-0.3, -0.25) is 0 Å². The molecule has 0 N–H and O–H groups in total. The van der Waals surface area contributed by atoms with Crippen LogP contribution in [0.15, 0.2) is 170 Å². The maximum Gasteiger partial charge on any atom is 0.0771 e. The zero-order valence-electron chi connectivity index (χ0n) is 35.3. The van der Waals surface area contributed by atoms with Gasteiger partial charge in [0.15, 0.2) is 0 Å². The van der Waals surface area contributed by atoms with Gasteiger partial charge >= 0.3 is 0 Å². The first kappa shape index (κ1) is 36.0. The summed E-state index contributed by atoms with van der Waals surface area (Å²) in [5.74, 6) is 0. The average molecular weight is 834 g/mol. The van der Waals surface area contributed by atoms with E-state index in [0.29, 0.717) is 0 Å². The molecule has 3 nitrogen and oxygen atoms in total. The predicted molar refractivity (Wildman–Crippen MR) is 263 cm³/mol. The van der Waals surface area contributed by atoms with Crippen LogP contribution in [0.1, 0.15) is 62.5 Å². The lowest BCUT2D eigenvalue weighted by atomic mass is 9.65. The third-order valence-electron chi connectivity index (χ3n) is 14.0. The molecular weight excluding hydrogens is 791 g/mol. The summed E-state index contributed by atoms with van der Waals surface area (Å²) in [7, 11) is 0. The van der Waals surface area contributed by atoms with E-state index in [-0.39, 0.29) is 5.41 Å². The first-order valence-corrected chi connectivity index (χ1v) is 23.2. The third kappa shape index (κ3) is 4.59. The first-order valence-electron chi connectivity index (χ1n) is 21.6. The van der Waals surface area contributed by atoms with Gasteiger partial charge < -0.3 is 14.4 Å². The molecule has 62 heavy (non-hydrogen) atoms. The molecule has 1 spiro atoms. The second-order valence-electron chi connectivity index (χ2n) is 17.9. The largest absolute Gasteiger partial charge is 0.310 e. The summed E-state index contributed by atoms with van der Waals surface area (Å²) in [6.07, 6.45) is 0. The molecule has 0 radical (unpaired) electrons. The molecule has 0 amide bonds. The summed E-state index contributed by atoms with van der Waals surface area (Å²) >= 11 is 3.90. The van der Waals surface area contributed by atoms with Gasteiger partial charge in [0.1, 0.15) is 0 Å². The van der Waals surface area contributed by atoms with Crippen LogP contribution in [0, 0.1) is 20.8 Å². The lowest BCUT2D eigenvalue weighted by molar-refractivity contribution is 0.632. The number of hydrogen-bond acceptors (Lipinski definition) is 4. The molecule has 0 saturated carbocycles. The molecule has 0 fully saturated rings. The van der Waals surface area contributed by atoms with Gasteiger partial charge in [-0.25, -0.2) is 0 Å². The van der Waals surface area contributed by atoms with Crippen LogP contribution in [0.2, 0.25) is 0 Å². The van der Waals surface area contributed by atoms with Crippen LogP contribution < -0.4 is 9.80 Å². The molecule has 0 bridgehead atoms. The maximum absolute atomic E-state index is 2.58. The molecule has 0 atom stereocenters. The second kappa shape index (κ2) is 12.7. The highest BCUT2D eigenvalue weighted by Gasteiger charge is 2.54. The predicted octanol–water partition coefficient (Wildman–Crippen LogP) is 16.1. The van der Waals surface area contributed by atoms with Crippen LogP contribution in [-0.2, 0) is 10.8 Å². The average Bonchev–Trinajstić information content (AvgIpc) is 4.02. The van der Waals surface area contributed by atoms with Crippen LogP contribution in [0.3, 0.4) is 0 Å².